The molecule has 10 nitrogen and oxygen atoms in total. The van der Waals surface area contributed by atoms with Gasteiger partial charge in [0.15, 0.2) is 12.3 Å². The molecule has 0 radical (unpaired) electrons. The van der Waals surface area contributed by atoms with Gasteiger partial charge in [-0.05, 0) is 25.0 Å². The highest BCUT2D eigenvalue weighted by molar-refractivity contribution is 6.03. The molecule has 1 heterocycles. The Kier molecular flexibility index (Phi) is 8.07. The summed E-state index contributed by atoms with van der Waals surface area (Å²) in [5.41, 5.74) is -0.0921. The fourth-order valence-electron chi connectivity index (χ4n) is 3.57. The minimum Gasteiger partial charge on any atom is -0.451 e. The number of aryl methyl sites for hydroxylation is 2. The van der Waals surface area contributed by atoms with Crippen LogP contribution in [-0.4, -0.2) is 33.2 Å². The van der Waals surface area contributed by atoms with Crippen LogP contribution in [0.15, 0.2) is 47.3 Å². The molecule has 10 heteroatoms. The first-order chi connectivity index (χ1) is 16.3. The number of anilines is 1. The molecule has 1 amide bonds. The highest BCUT2D eigenvalue weighted by Gasteiger charge is 2.21. The predicted molar refractivity (Wildman–Crippen MR) is 127 cm³/mol. The van der Waals surface area contributed by atoms with Crippen LogP contribution in [0.3, 0.4) is 0 Å². The van der Waals surface area contributed by atoms with E-state index in [1.807, 2.05) is 0 Å². The molecule has 3 rings (SSSR count). The first kappa shape index (κ1) is 24.6. The maximum atomic E-state index is 12.8. The van der Waals surface area contributed by atoms with Gasteiger partial charge in [0.05, 0.1) is 10.3 Å². The third-order valence-electron chi connectivity index (χ3n) is 5.33. The van der Waals surface area contributed by atoms with Crippen LogP contribution in [0.2, 0.25) is 0 Å². The number of nitro benzene ring substituents is 1. The molecule has 0 unspecified atom stereocenters. The van der Waals surface area contributed by atoms with Gasteiger partial charge in [0.25, 0.3) is 17.2 Å². The standard InChI is InChI=1S/C24H26N4O6/c1-3-4-5-8-14-27-23(30)18-12-7-6-11-17(18)22(26-27)24(31)34-15-20(29)25-21-16(2)10-9-13-19(21)28(32)33/h6-7,9-13H,3-5,8,14-15H2,1-2H3,(H,25,29). The Morgan fingerprint density at radius 1 is 1.09 bits per heavy atom. The average molecular weight is 466 g/mol. The van der Waals surface area contributed by atoms with Crippen molar-refractivity contribution in [1.82, 2.24) is 9.78 Å². The third kappa shape index (κ3) is 5.64. The van der Waals surface area contributed by atoms with Gasteiger partial charge in [-0.3, -0.25) is 19.7 Å². The van der Waals surface area contributed by atoms with Crippen molar-refractivity contribution in [3.05, 3.63) is 74.2 Å². The van der Waals surface area contributed by atoms with Crippen LogP contribution in [0.25, 0.3) is 10.8 Å². The monoisotopic (exact) mass is 466 g/mol. The lowest BCUT2D eigenvalue weighted by Gasteiger charge is -2.12. The average Bonchev–Trinajstić information content (AvgIpc) is 2.82. The normalized spacial score (nSPS) is 10.8. The Bertz CT molecular complexity index is 1280. The van der Waals surface area contributed by atoms with E-state index < -0.39 is 23.4 Å². The number of nitrogens with zero attached hydrogens (tertiary/aromatic N) is 3. The molecule has 0 aliphatic heterocycles. The number of nitrogens with one attached hydrogen (secondary N) is 1. The summed E-state index contributed by atoms with van der Waals surface area (Å²) in [6, 6.07) is 11.0. The molecule has 0 aliphatic carbocycles. The maximum Gasteiger partial charge on any atom is 0.359 e. The SMILES string of the molecule is CCCCCCn1nc(C(=O)OCC(=O)Nc2c(C)cccc2[N+](=O)[O-])c2ccccc2c1=O. The Balaban J connectivity index is 1.78. The van der Waals surface area contributed by atoms with E-state index in [2.05, 4.69) is 17.3 Å². The van der Waals surface area contributed by atoms with Crippen molar-refractivity contribution in [2.24, 2.45) is 0 Å². The summed E-state index contributed by atoms with van der Waals surface area (Å²) in [7, 11) is 0. The summed E-state index contributed by atoms with van der Waals surface area (Å²) in [6.07, 6.45) is 3.75. The Hall–Kier alpha value is -4.08. The first-order valence-electron chi connectivity index (χ1n) is 11.0. The van der Waals surface area contributed by atoms with E-state index in [0.29, 0.717) is 22.9 Å². The number of benzene rings is 2. The number of ether oxygens (including phenoxy) is 1. The van der Waals surface area contributed by atoms with Gasteiger partial charge in [-0.15, -0.1) is 0 Å². The van der Waals surface area contributed by atoms with Crippen LogP contribution in [0.4, 0.5) is 11.4 Å². The number of aromatic nitrogens is 2. The van der Waals surface area contributed by atoms with Crippen molar-refractivity contribution < 1.29 is 19.2 Å². The van der Waals surface area contributed by atoms with Crippen molar-refractivity contribution in [3.63, 3.8) is 0 Å². The Morgan fingerprint density at radius 2 is 1.82 bits per heavy atom. The zero-order valence-electron chi connectivity index (χ0n) is 19.1. The van der Waals surface area contributed by atoms with Crippen LogP contribution in [-0.2, 0) is 16.1 Å². The van der Waals surface area contributed by atoms with Gasteiger partial charge in [0, 0.05) is 18.0 Å². The lowest BCUT2D eigenvalue weighted by Crippen LogP contribution is -2.28. The van der Waals surface area contributed by atoms with Gasteiger partial charge < -0.3 is 10.1 Å². The van der Waals surface area contributed by atoms with Gasteiger partial charge in [0.1, 0.15) is 5.69 Å². The minimum atomic E-state index is -0.868. The topological polar surface area (TPSA) is 133 Å². The molecule has 0 aliphatic rings. The number of para-hydroxylation sites is 1. The van der Waals surface area contributed by atoms with Gasteiger partial charge in [-0.25, -0.2) is 9.48 Å². The van der Waals surface area contributed by atoms with Gasteiger partial charge in [-0.1, -0.05) is 56.5 Å². The summed E-state index contributed by atoms with van der Waals surface area (Å²) < 4.78 is 6.40. The van der Waals surface area contributed by atoms with Crippen LogP contribution >= 0.6 is 0 Å². The van der Waals surface area contributed by atoms with E-state index in [0.717, 1.165) is 25.7 Å². The van der Waals surface area contributed by atoms with E-state index in [9.17, 15) is 24.5 Å². The smallest absolute Gasteiger partial charge is 0.359 e. The van der Waals surface area contributed by atoms with Crippen molar-refractivity contribution in [2.45, 2.75) is 46.1 Å². The number of carbonyl (C=O) groups is 2. The van der Waals surface area contributed by atoms with Crippen molar-refractivity contribution >= 4 is 34.0 Å². The maximum absolute atomic E-state index is 12.8. The predicted octanol–water partition coefficient (Wildman–Crippen LogP) is 3.99. The van der Waals surface area contributed by atoms with Crippen molar-refractivity contribution in [1.29, 1.82) is 0 Å². The lowest BCUT2D eigenvalue weighted by molar-refractivity contribution is -0.384. The third-order valence-corrected chi connectivity index (χ3v) is 5.33. The number of rotatable bonds is 10. The summed E-state index contributed by atoms with van der Waals surface area (Å²) >= 11 is 0. The molecule has 0 saturated heterocycles. The van der Waals surface area contributed by atoms with Crippen LogP contribution in [0.5, 0.6) is 0 Å². The molecule has 0 spiro atoms. The molecule has 0 saturated carbocycles. The second-order valence-electron chi connectivity index (χ2n) is 7.83. The number of unbranched alkanes of at least 4 members (excludes halogenated alkanes) is 3. The fourth-order valence-corrected chi connectivity index (χ4v) is 3.57. The second kappa shape index (κ2) is 11.2. The molecular weight excluding hydrogens is 440 g/mol. The van der Waals surface area contributed by atoms with Crippen molar-refractivity contribution in [2.75, 3.05) is 11.9 Å². The second-order valence-corrected chi connectivity index (χ2v) is 7.83. The molecule has 2 aromatic carbocycles. The van der Waals surface area contributed by atoms with Gasteiger partial charge in [0.2, 0.25) is 0 Å². The number of esters is 1. The molecule has 1 N–H and O–H groups in total. The van der Waals surface area contributed by atoms with Gasteiger partial charge in [-0.2, -0.15) is 5.10 Å². The zero-order valence-corrected chi connectivity index (χ0v) is 19.1. The fraction of sp³-hybridized carbons (Fsp3) is 0.333. The molecule has 3 aromatic rings. The summed E-state index contributed by atoms with van der Waals surface area (Å²) in [6.45, 7) is 3.40. The van der Waals surface area contributed by atoms with Crippen LogP contribution in [0, 0.1) is 17.0 Å². The zero-order chi connectivity index (χ0) is 24.7. The highest BCUT2D eigenvalue weighted by atomic mass is 16.6. The summed E-state index contributed by atoms with van der Waals surface area (Å²) in [5, 5.41) is 18.5. The molecule has 1 aromatic heterocycles. The summed E-state index contributed by atoms with van der Waals surface area (Å²) in [5.74, 6) is -1.60. The van der Waals surface area contributed by atoms with E-state index in [-0.39, 0.29) is 22.6 Å². The van der Waals surface area contributed by atoms with Crippen molar-refractivity contribution in [3.8, 4) is 0 Å². The molecule has 0 bridgehead atoms. The number of hydrogen-bond acceptors (Lipinski definition) is 7. The van der Waals surface area contributed by atoms with Crippen LogP contribution < -0.4 is 10.9 Å². The molecular formula is C24H26N4O6. The minimum absolute atomic E-state index is 0.0396. The molecule has 0 fully saturated rings. The van der Waals surface area contributed by atoms with Gasteiger partial charge >= 0.3 is 5.97 Å². The number of fused-ring (bicyclic) bond motifs is 1. The summed E-state index contributed by atoms with van der Waals surface area (Å²) in [4.78, 5) is 48.6. The number of nitro groups is 1. The molecule has 0 atom stereocenters. The first-order valence-corrected chi connectivity index (χ1v) is 11.0. The highest BCUT2D eigenvalue weighted by Crippen LogP contribution is 2.27. The van der Waals surface area contributed by atoms with E-state index >= 15 is 0 Å². The van der Waals surface area contributed by atoms with E-state index in [1.54, 1.807) is 37.3 Å². The largest absolute Gasteiger partial charge is 0.451 e. The molecule has 178 valence electrons. The quantitative estimate of drug-likeness (QED) is 0.207. The number of hydrogen-bond donors (Lipinski definition) is 1. The Morgan fingerprint density at radius 3 is 2.53 bits per heavy atom. The number of carbonyl (C=O) groups excluding carboxylic acids is 2. The van der Waals surface area contributed by atoms with Crippen LogP contribution in [0.1, 0.15) is 48.7 Å². The Labute approximate surface area is 195 Å². The van der Waals surface area contributed by atoms with E-state index in [1.165, 1.54) is 16.8 Å². The lowest BCUT2D eigenvalue weighted by atomic mass is 10.1. The molecule has 34 heavy (non-hydrogen) atoms. The van der Waals surface area contributed by atoms with E-state index in [4.69, 9.17) is 4.74 Å². The number of amides is 1.